The van der Waals surface area contributed by atoms with Crippen molar-refractivity contribution in [2.45, 2.75) is 50.2 Å². The molecule has 5 heteroatoms. The van der Waals surface area contributed by atoms with Gasteiger partial charge < -0.3 is 0 Å². The number of rotatable bonds is 2. The Kier molecular flexibility index (Phi) is 4.05. The molecule has 0 spiro atoms. The Hall–Kier alpha value is -0.600. The van der Waals surface area contributed by atoms with Gasteiger partial charge in [0.25, 0.3) is 0 Å². The quantitative estimate of drug-likeness (QED) is 0.758. The second-order valence-electron chi connectivity index (χ2n) is 5.11. The Morgan fingerprint density at radius 2 is 1.59 bits per heavy atom. The molecule has 0 N–H and O–H groups in total. The molecule has 0 unspecified atom stereocenters. The standard InChI is InChI=1S/C12H20N2O2S/c13-10-11-6-8-14(9-7-11)17(15,16)12-4-2-1-3-5-12/h11-12H,1-9H2. The lowest BCUT2D eigenvalue weighted by Crippen LogP contribution is -2.43. The molecule has 2 rings (SSSR count). The molecule has 2 fully saturated rings. The van der Waals surface area contributed by atoms with Crippen molar-refractivity contribution in [3.8, 4) is 6.07 Å². The van der Waals surface area contributed by atoms with E-state index < -0.39 is 10.0 Å². The van der Waals surface area contributed by atoms with E-state index in [0.29, 0.717) is 25.9 Å². The van der Waals surface area contributed by atoms with Crippen LogP contribution in [0.4, 0.5) is 0 Å². The summed E-state index contributed by atoms with van der Waals surface area (Å²) >= 11 is 0. The van der Waals surface area contributed by atoms with E-state index in [9.17, 15) is 8.42 Å². The summed E-state index contributed by atoms with van der Waals surface area (Å²) in [7, 11) is -3.09. The summed E-state index contributed by atoms with van der Waals surface area (Å²) in [6.07, 6.45) is 6.28. The molecule has 0 amide bonds. The first-order chi connectivity index (χ1) is 8.14. The molecule has 17 heavy (non-hydrogen) atoms. The molecule has 1 aliphatic carbocycles. The zero-order valence-corrected chi connectivity index (χ0v) is 11.0. The number of hydrogen-bond donors (Lipinski definition) is 0. The van der Waals surface area contributed by atoms with Crippen molar-refractivity contribution in [3.63, 3.8) is 0 Å². The topological polar surface area (TPSA) is 61.2 Å². The lowest BCUT2D eigenvalue weighted by atomic mass is 10.0. The number of sulfonamides is 1. The van der Waals surface area contributed by atoms with Gasteiger partial charge >= 0.3 is 0 Å². The van der Waals surface area contributed by atoms with Crippen molar-refractivity contribution < 1.29 is 8.42 Å². The molecular formula is C12H20N2O2S. The van der Waals surface area contributed by atoms with Crippen LogP contribution in [0.5, 0.6) is 0 Å². The fourth-order valence-electron chi connectivity index (χ4n) is 2.81. The third kappa shape index (κ3) is 2.80. The van der Waals surface area contributed by atoms with Gasteiger partial charge in [-0.3, -0.25) is 0 Å². The Labute approximate surface area is 104 Å². The van der Waals surface area contributed by atoms with E-state index in [-0.39, 0.29) is 11.2 Å². The van der Waals surface area contributed by atoms with Gasteiger partial charge in [0.2, 0.25) is 10.0 Å². The van der Waals surface area contributed by atoms with Gasteiger partial charge in [-0.25, -0.2) is 12.7 Å². The third-order valence-corrected chi connectivity index (χ3v) is 6.37. The maximum atomic E-state index is 12.4. The summed E-state index contributed by atoms with van der Waals surface area (Å²) in [5, 5.41) is 8.65. The third-order valence-electron chi connectivity index (χ3n) is 3.97. The van der Waals surface area contributed by atoms with Gasteiger partial charge in [-0.15, -0.1) is 0 Å². The van der Waals surface area contributed by atoms with Crippen molar-refractivity contribution in [2.24, 2.45) is 5.92 Å². The van der Waals surface area contributed by atoms with E-state index in [2.05, 4.69) is 6.07 Å². The van der Waals surface area contributed by atoms with Gasteiger partial charge in [0.05, 0.1) is 11.3 Å². The van der Waals surface area contributed by atoms with Gasteiger partial charge in [0.15, 0.2) is 0 Å². The summed E-state index contributed by atoms with van der Waals surface area (Å²) in [5.41, 5.74) is 0. The average Bonchev–Trinajstić information content (AvgIpc) is 2.40. The largest absolute Gasteiger partial charge is 0.216 e. The summed E-state index contributed by atoms with van der Waals surface area (Å²) < 4.78 is 26.4. The minimum absolute atomic E-state index is 0.0489. The first kappa shape index (κ1) is 12.8. The maximum absolute atomic E-state index is 12.4. The van der Waals surface area contributed by atoms with E-state index in [4.69, 9.17) is 5.26 Å². The second kappa shape index (κ2) is 5.36. The first-order valence-corrected chi connectivity index (χ1v) is 8.03. The molecule has 96 valence electrons. The van der Waals surface area contributed by atoms with Crippen LogP contribution in [0, 0.1) is 17.2 Å². The van der Waals surface area contributed by atoms with E-state index >= 15 is 0 Å². The van der Waals surface area contributed by atoms with Crippen molar-refractivity contribution >= 4 is 10.0 Å². The van der Waals surface area contributed by atoms with E-state index in [1.54, 1.807) is 4.31 Å². The average molecular weight is 256 g/mol. The Bertz CT molecular complexity index is 385. The second-order valence-corrected chi connectivity index (χ2v) is 7.32. The molecule has 0 aromatic heterocycles. The summed E-state index contributed by atoms with van der Waals surface area (Å²) in [5.74, 6) is 0.0489. The molecule has 0 aromatic carbocycles. The van der Waals surface area contributed by atoms with Crippen LogP contribution in [0.15, 0.2) is 0 Å². The highest BCUT2D eigenvalue weighted by atomic mass is 32.2. The number of piperidine rings is 1. The number of nitriles is 1. The van der Waals surface area contributed by atoms with Crippen LogP contribution < -0.4 is 0 Å². The lowest BCUT2D eigenvalue weighted by molar-refractivity contribution is 0.302. The van der Waals surface area contributed by atoms with Crippen molar-refractivity contribution in [3.05, 3.63) is 0 Å². The Morgan fingerprint density at radius 3 is 2.12 bits per heavy atom. The van der Waals surface area contributed by atoms with Crippen LogP contribution in [-0.4, -0.2) is 31.1 Å². The van der Waals surface area contributed by atoms with Crippen LogP contribution in [0.25, 0.3) is 0 Å². The van der Waals surface area contributed by atoms with Crippen molar-refractivity contribution in [1.29, 1.82) is 5.26 Å². The molecule has 0 atom stereocenters. The monoisotopic (exact) mass is 256 g/mol. The van der Waals surface area contributed by atoms with Crippen LogP contribution in [-0.2, 0) is 10.0 Å². The molecular weight excluding hydrogens is 236 g/mol. The van der Waals surface area contributed by atoms with E-state index in [1.165, 1.54) is 6.42 Å². The highest BCUT2D eigenvalue weighted by Crippen LogP contribution is 2.28. The van der Waals surface area contributed by atoms with Crippen LogP contribution >= 0.6 is 0 Å². The van der Waals surface area contributed by atoms with Gasteiger partial charge in [-0.2, -0.15) is 5.26 Å². The van der Waals surface area contributed by atoms with Crippen LogP contribution in [0.2, 0.25) is 0 Å². The summed E-state index contributed by atoms with van der Waals surface area (Å²) in [4.78, 5) is 0. The van der Waals surface area contributed by atoms with Gasteiger partial charge in [-0.1, -0.05) is 19.3 Å². The highest BCUT2D eigenvalue weighted by Gasteiger charge is 2.34. The molecule has 0 aromatic rings. The highest BCUT2D eigenvalue weighted by molar-refractivity contribution is 7.89. The molecule has 4 nitrogen and oxygen atoms in total. The Balaban J connectivity index is 1.99. The SMILES string of the molecule is N#CC1CCN(S(=O)(=O)C2CCCCC2)CC1. The van der Waals surface area contributed by atoms with Crippen molar-refractivity contribution in [2.75, 3.05) is 13.1 Å². The zero-order chi connectivity index (χ0) is 12.3. The van der Waals surface area contributed by atoms with Gasteiger partial charge in [0.1, 0.15) is 0 Å². The molecule has 1 saturated carbocycles. The molecule has 1 heterocycles. The fourth-order valence-corrected chi connectivity index (χ4v) is 4.88. The molecule has 0 radical (unpaired) electrons. The molecule has 2 aliphatic rings. The minimum atomic E-state index is -3.09. The number of hydrogen-bond acceptors (Lipinski definition) is 3. The van der Waals surface area contributed by atoms with E-state index in [1.807, 2.05) is 0 Å². The van der Waals surface area contributed by atoms with Crippen LogP contribution in [0.3, 0.4) is 0 Å². The summed E-state index contributed by atoms with van der Waals surface area (Å²) in [6.45, 7) is 1.08. The predicted molar refractivity (Wildman–Crippen MR) is 65.7 cm³/mol. The summed E-state index contributed by atoms with van der Waals surface area (Å²) in [6, 6.07) is 2.23. The Morgan fingerprint density at radius 1 is 1.00 bits per heavy atom. The molecule has 1 saturated heterocycles. The maximum Gasteiger partial charge on any atom is 0.216 e. The molecule has 0 bridgehead atoms. The predicted octanol–water partition coefficient (Wildman–Crippen LogP) is 1.88. The molecule has 1 aliphatic heterocycles. The van der Waals surface area contributed by atoms with Gasteiger partial charge in [-0.05, 0) is 25.7 Å². The van der Waals surface area contributed by atoms with E-state index in [0.717, 1.165) is 25.7 Å². The zero-order valence-electron chi connectivity index (χ0n) is 10.1. The van der Waals surface area contributed by atoms with Crippen molar-refractivity contribution in [1.82, 2.24) is 4.31 Å². The van der Waals surface area contributed by atoms with Crippen LogP contribution in [0.1, 0.15) is 44.9 Å². The van der Waals surface area contributed by atoms with Gasteiger partial charge in [0, 0.05) is 19.0 Å². The smallest absolute Gasteiger partial charge is 0.212 e. The lowest BCUT2D eigenvalue weighted by Gasteiger charge is -2.33. The number of nitrogens with zero attached hydrogens (tertiary/aromatic N) is 2. The fraction of sp³-hybridized carbons (Fsp3) is 0.917. The minimum Gasteiger partial charge on any atom is -0.212 e. The normalized spacial score (nSPS) is 25.6. The first-order valence-electron chi connectivity index (χ1n) is 6.53.